The van der Waals surface area contributed by atoms with E-state index in [4.69, 9.17) is 9.47 Å². The molecule has 0 radical (unpaired) electrons. The second-order valence-electron chi connectivity index (χ2n) is 6.58. The minimum absolute atomic E-state index is 0.214. The number of carbonyl (C=O) groups is 1. The standard InChI is InChI=1S/C20H16FN5O3S/c21-11-1-3-13-14(7-11)25-18(24-13)5-6-22-19(27)15-9-30-20(26-15)23-12-2-4-16-17(8-12)29-10-28-16/h1-4,7-9H,5-6,10H2,(H,22,27)(H,23,26)(H,24,25). The summed E-state index contributed by atoms with van der Waals surface area (Å²) in [7, 11) is 0. The van der Waals surface area contributed by atoms with E-state index in [0.717, 1.165) is 5.69 Å². The number of aromatic nitrogens is 3. The molecule has 0 atom stereocenters. The largest absolute Gasteiger partial charge is 0.454 e. The van der Waals surface area contributed by atoms with Gasteiger partial charge in [0.25, 0.3) is 5.91 Å². The van der Waals surface area contributed by atoms with Crippen molar-refractivity contribution in [3.63, 3.8) is 0 Å². The highest BCUT2D eigenvalue weighted by atomic mass is 32.1. The molecule has 0 aliphatic carbocycles. The normalized spacial score (nSPS) is 12.3. The van der Waals surface area contributed by atoms with Crippen LogP contribution in [0.5, 0.6) is 11.5 Å². The van der Waals surface area contributed by atoms with Gasteiger partial charge in [-0.05, 0) is 30.3 Å². The Morgan fingerprint density at radius 2 is 2.07 bits per heavy atom. The van der Waals surface area contributed by atoms with Gasteiger partial charge in [-0.1, -0.05) is 0 Å². The number of nitrogens with one attached hydrogen (secondary N) is 3. The van der Waals surface area contributed by atoms with Crippen molar-refractivity contribution in [2.75, 3.05) is 18.7 Å². The van der Waals surface area contributed by atoms with E-state index in [-0.39, 0.29) is 18.5 Å². The Morgan fingerprint density at radius 3 is 3.00 bits per heavy atom. The number of H-pyrrole nitrogens is 1. The van der Waals surface area contributed by atoms with E-state index < -0.39 is 0 Å². The third kappa shape index (κ3) is 3.77. The average Bonchev–Trinajstić information content (AvgIpc) is 3.46. The summed E-state index contributed by atoms with van der Waals surface area (Å²) in [5.74, 6) is 1.46. The fourth-order valence-corrected chi connectivity index (χ4v) is 3.78. The molecule has 0 saturated carbocycles. The van der Waals surface area contributed by atoms with Crippen LogP contribution >= 0.6 is 11.3 Å². The van der Waals surface area contributed by atoms with Crippen molar-refractivity contribution in [1.82, 2.24) is 20.3 Å². The molecule has 2 aromatic heterocycles. The first kappa shape index (κ1) is 18.4. The third-order valence-electron chi connectivity index (χ3n) is 4.50. The number of imidazole rings is 1. The number of aromatic amines is 1. The highest BCUT2D eigenvalue weighted by Gasteiger charge is 2.15. The molecule has 1 aliphatic heterocycles. The molecular formula is C20H16FN5O3S. The van der Waals surface area contributed by atoms with Crippen LogP contribution in [0.25, 0.3) is 11.0 Å². The van der Waals surface area contributed by atoms with Crippen molar-refractivity contribution in [2.45, 2.75) is 6.42 Å². The monoisotopic (exact) mass is 425 g/mol. The second-order valence-corrected chi connectivity index (χ2v) is 7.44. The SMILES string of the molecule is O=C(NCCc1nc2ccc(F)cc2[nH]1)c1csc(Nc2ccc3c(c2)OCO3)n1. The van der Waals surface area contributed by atoms with E-state index in [0.29, 0.717) is 52.1 Å². The lowest BCUT2D eigenvalue weighted by Gasteiger charge is -2.04. The number of rotatable bonds is 6. The van der Waals surface area contributed by atoms with Gasteiger partial charge in [0.1, 0.15) is 17.3 Å². The smallest absolute Gasteiger partial charge is 0.270 e. The molecule has 30 heavy (non-hydrogen) atoms. The molecule has 3 N–H and O–H groups in total. The summed E-state index contributed by atoms with van der Waals surface area (Å²) in [5, 5.41) is 8.26. The lowest BCUT2D eigenvalue weighted by atomic mass is 10.3. The molecule has 0 spiro atoms. The molecule has 1 aliphatic rings. The van der Waals surface area contributed by atoms with Crippen molar-refractivity contribution in [1.29, 1.82) is 0 Å². The van der Waals surface area contributed by atoms with E-state index in [9.17, 15) is 9.18 Å². The Hall–Kier alpha value is -3.66. The number of thiazole rings is 1. The van der Waals surface area contributed by atoms with Gasteiger partial charge in [-0.2, -0.15) is 0 Å². The first-order valence-electron chi connectivity index (χ1n) is 9.18. The summed E-state index contributed by atoms with van der Waals surface area (Å²) in [4.78, 5) is 24.1. The molecule has 0 saturated heterocycles. The van der Waals surface area contributed by atoms with Gasteiger partial charge in [0.15, 0.2) is 16.6 Å². The zero-order valence-electron chi connectivity index (χ0n) is 15.6. The molecule has 0 unspecified atom stereocenters. The Kier molecular flexibility index (Phi) is 4.68. The number of ether oxygens (including phenoxy) is 2. The number of carbonyl (C=O) groups excluding carboxylic acids is 1. The summed E-state index contributed by atoms with van der Waals surface area (Å²) in [6, 6.07) is 9.88. The van der Waals surface area contributed by atoms with Gasteiger partial charge < -0.3 is 25.1 Å². The lowest BCUT2D eigenvalue weighted by Crippen LogP contribution is -2.26. The molecule has 152 valence electrons. The maximum Gasteiger partial charge on any atom is 0.270 e. The Morgan fingerprint density at radius 1 is 1.17 bits per heavy atom. The molecule has 10 heteroatoms. The number of anilines is 2. The summed E-state index contributed by atoms with van der Waals surface area (Å²) < 4.78 is 23.9. The molecular weight excluding hydrogens is 409 g/mol. The Bertz CT molecular complexity index is 1240. The van der Waals surface area contributed by atoms with Crippen molar-refractivity contribution < 1.29 is 18.7 Å². The van der Waals surface area contributed by atoms with Crippen LogP contribution in [0.1, 0.15) is 16.3 Å². The van der Waals surface area contributed by atoms with Crippen LogP contribution < -0.4 is 20.1 Å². The quantitative estimate of drug-likeness (QED) is 0.436. The van der Waals surface area contributed by atoms with Gasteiger partial charge >= 0.3 is 0 Å². The van der Waals surface area contributed by atoms with Gasteiger partial charge in [0, 0.05) is 30.1 Å². The maximum atomic E-state index is 13.3. The van der Waals surface area contributed by atoms with E-state index >= 15 is 0 Å². The minimum Gasteiger partial charge on any atom is -0.454 e. The number of amides is 1. The van der Waals surface area contributed by atoms with Gasteiger partial charge in [-0.15, -0.1) is 11.3 Å². The fourth-order valence-electron chi connectivity index (χ4n) is 3.07. The van der Waals surface area contributed by atoms with Crippen LogP contribution in [0.3, 0.4) is 0 Å². The number of fused-ring (bicyclic) bond motifs is 2. The number of nitrogens with zero attached hydrogens (tertiary/aromatic N) is 2. The molecule has 5 rings (SSSR count). The topological polar surface area (TPSA) is 101 Å². The predicted molar refractivity (Wildman–Crippen MR) is 110 cm³/mol. The third-order valence-corrected chi connectivity index (χ3v) is 5.26. The van der Waals surface area contributed by atoms with Crippen molar-refractivity contribution in [3.8, 4) is 11.5 Å². The van der Waals surface area contributed by atoms with E-state index in [1.807, 2.05) is 18.2 Å². The Labute approximate surface area is 174 Å². The van der Waals surface area contributed by atoms with Gasteiger partial charge in [-0.3, -0.25) is 4.79 Å². The van der Waals surface area contributed by atoms with Crippen molar-refractivity contribution in [3.05, 3.63) is 59.1 Å². The van der Waals surface area contributed by atoms with Gasteiger partial charge in [0.05, 0.1) is 11.0 Å². The summed E-state index contributed by atoms with van der Waals surface area (Å²) >= 11 is 1.33. The van der Waals surface area contributed by atoms with Crippen LogP contribution in [0, 0.1) is 5.82 Å². The zero-order chi connectivity index (χ0) is 20.5. The van der Waals surface area contributed by atoms with E-state index in [1.54, 1.807) is 11.4 Å². The van der Waals surface area contributed by atoms with Crippen LogP contribution in [-0.2, 0) is 6.42 Å². The summed E-state index contributed by atoms with van der Waals surface area (Å²) in [6.45, 7) is 0.592. The van der Waals surface area contributed by atoms with Crippen LogP contribution in [-0.4, -0.2) is 34.2 Å². The van der Waals surface area contributed by atoms with Crippen LogP contribution in [0.4, 0.5) is 15.2 Å². The molecule has 0 bridgehead atoms. The van der Waals surface area contributed by atoms with Crippen LogP contribution in [0.15, 0.2) is 41.8 Å². The van der Waals surface area contributed by atoms with E-state index in [1.165, 1.54) is 23.5 Å². The zero-order valence-corrected chi connectivity index (χ0v) is 16.4. The van der Waals surface area contributed by atoms with Crippen LogP contribution in [0.2, 0.25) is 0 Å². The minimum atomic E-state index is -0.320. The second kappa shape index (κ2) is 7.64. The highest BCUT2D eigenvalue weighted by molar-refractivity contribution is 7.14. The molecule has 8 nitrogen and oxygen atoms in total. The summed E-state index contributed by atoms with van der Waals surface area (Å²) in [6.07, 6.45) is 0.495. The molecule has 1 amide bonds. The predicted octanol–water partition coefficient (Wildman–Crippen LogP) is 3.60. The van der Waals surface area contributed by atoms with Crippen molar-refractivity contribution in [2.24, 2.45) is 0 Å². The van der Waals surface area contributed by atoms with Gasteiger partial charge in [-0.25, -0.2) is 14.4 Å². The number of hydrogen-bond acceptors (Lipinski definition) is 7. The number of halogens is 1. The molecule has 0 fully saturated rings. The summed E-state index contributed by atoms with van der Waals surface area (Å²) in [5.41, 5.74) is 2.45. The Balaban J connectivity index is 1.17. The lowest BCUT2D eigenvalue weighted by molar-refractivity contribution is 0.0950. The van der Waals surface area contributed by atoms with E-state index in [2.05, 4.69) is 25.6 Å². The number of hydrogen-bond donors (Lipinski definition) is 3. The molecule has 2 aromatic carbocycles. The van der Waals surface area contributed by atoms with Gasteiger partial charge in [0.2, 0.25) is 6.79 Å². The maximum absolute atomic E-state index is 13.3. The first-order chi connectivity index (χ1) is 14.6. The number of benzene rings is 2. The fraction of sp³-hybridized carbons (Fsp3) is 0.150. The molecule has 3 heterocycles. The molecule has 4 aromatic rings. The van der Waals surface area contributed by atoms with Crippen molar-refractivity contribution >= 4 is 39.1 Å². The highest BCUT2D eigenvalue weighted by Crippen LogP contribution is 2.35. The average molecular weight is 425 g/mol. The first-order valence-corrected chi connectivity index (χ1v) is 10.1.